The van der Waals surface area contributed by atoms with Crippen LogP contribution in [0.5, 0.6) is 0 Å². The van der Waals surface area contributed by atoms with Gasteiger partial charge in [-0.2, -0.15) is 0 Å². The molecule has 0 unspecified atom stereocenters. The number of hydrogen-bond acceptors (Lipinski definition) is 3. The third kappa shape index (κ3) is 6.53. The number of nitrogens with one attached hydrogen (secondary N) is 1. The van der Waals surface area contributed by atoms with Gasteiger partial charge in [-0.25, -0.2) is 4.39 Å². The standard InChI is InChI=1S/C21H24ClFN2O2S/c1-3-24-21(27)15(2)25(14-16-6-4-5-7-19(16)23)20(26)12-13-28-18-10-8-17(22)9-11-18/h4-11,15H,3,12-14H2,1-2H3,(H,24,27)/t15-/m0/s1. The number of halogens is 2. The topological polar surface area (TPSA) is 49.4 Å². The lowest BCUT2D eigenvalue weighted by Gasteiger charge is -2.29. The van der Waals surface area contributed by atoms with E-state index in [9.17, 15) is 14.0 Å². The summed E-state index contributed by atoms with van der Waals surface area (Å²) in [6.07, 6.45) is 0.242. The first kappa shape index (κ1) is 22.2. The largest absolute Gasteiger partial charge is 0.355 e. The number of carbonyl (C=O) groups excluding carboxylic acids is 2. The van der Waals surface area contributed by atoms with Crippen molar-refractivity contribution in [2.24, 2.45) is 0 Å². The molecule has 0 aromatic heterocycles. The Morgan fingerprint density at radius 2 is 1.86 bits per heavy atom. The van der Waals surface area contributed by atoms with Crippen LogP contribution in [-0.4, -0.2) is 35.1 Å². The van der Waals surface area contributed by atoms with E-state index in [1.807, 2.05) is 19.1 Å². The fraction of sp³-hybridized carbons (Fsp3) is 0.333. The maximum Gasteiger partial charge on any atom is 0.242 e. The second-order valence-electron chi connectivity index (χ2n) is 6.24. The zero-order valence-corrected chi connectivity index (χ0v) is 17.5. The van der Waals surface area contributed by atoms with Gasteiger partial charge in [0.2, 0.25) is 11.8 Å². The average molecular weight is 423 g/mol. The normalized spacial score (nSPS) is 11.7. The zero-order chi connectivity index (χ0) is 20.5. The number of amides is 2. The van der Waals surface area contributed by atoms with Gasteiger partial charge in [-0.1, -0.05) is 29.8 Å². The van der Waals surface area contributed by atoms with Crippen molar-refractivity contribution in [1.29, 1.82) is 0 Å². The molecular weight excluding hydrogens is 399 g/mol. The van der Waals surface area contributed by atoms with Gasteiger partial charge in [0.05, 0.1) is 0 Å². The molecule has 28 heavy (non-hydrogen) atoms. The highest BCUT2D eigenvalue weighted by Crippen LogP contribution is 2.22. The molecule has 0 saturated carbocycles. The molecule has 1 atom stereocenters. The van der Waals surface area contributed by atoms with Crippen molar-refractivity contribution in [3.05, 3.63) is 64.9 Å². The van der Waals surface area contributed by atoms with Crippen LogP contribution in [-0.2, 0) is 16.1 Å². The van der Waals surface area contributed by atoms with Gasteiger partial charge >= 0.3 is 0 Å². The summed E-state index contributed by atoms with van der Waals surface area (Å²) in [5.74, 6) is -0.281. The molecule has 7 heteroatoms. The average Bonchev–Trinajstić information content (AvgIpc) is 2.68. The molecule has 0 aliphatic rings. The summed E-state index contributed by atoms with van der Waals surface area (Å²) in [6, 6.07) is 13.0. The van der Waals surface area contributed by atoms with E-state index in [2.05, 4.69) is 5.32 Å². The van der Waals surface area contributed by atoms with E-state index in [0.29, 0.717) is 22.9 Å². The molecule has 2 aromatic rings. The van der Waals surface area contributed by atoms with E-state index < -0.39 is 6.04 Å². The van der Waals surface area contributed by atoms with Gasteiger partial charge in [-0.05, 0) is 44.2 Å². The Labute approximate surface area is 174 Å². The SMILES string of the molecule is CCNC(=O)[C@H](C)N(Cc1ccccc1F)C(=O)CCSc1ccc(Cl)cc1. The van der Waals surface area contributed by atoms with Crippen LogP contribution >= 0.6 is 23.4 Å². The Hall–Kier alpha value is -2.05. The van der Waals surface area contributed by atoms with Gasteiger partial charge in [-0.15, -0.1) is 11.8 Å². The van der Waals surface area contributed by atoms with Crippen LogP contribution in [0.3, 0.4) is 0 Å². The summed E-state index contributed by atoms with van der Waals surface area (Å²) in [5, 5.41) is 3.38. The summed E-state index contributed by atoms with van der Waals surface area (Å²) in [5.41, 5.74) is 0.386. The number of hydrogen-bond donors (Lipinski definition) is 1. The number of carbonyl (C=O) groups is 2. The van der Waals surface area contributed by atoms with Gasteiger partial charge in [0.1, 0.15) is 11.9 Å². The predicted octanol–water partition coefficient (Wildman–Crippen LogP) is 4.51. The zero-order valence-electron chi connectivity index (χ0n) is 16.0. The van der Waals surface area contributed by atoms with Gasteiger partial charge in [0.15, 0.2) is 0 Å². The third-order valence-electron chi connectivity index (χ3n) is 4.22. The Morgan fingerprint density at radius 3 is 2.50 bits per heavy atom. The molecule has 2 rings (SSSR count). The maximum absolute atomic E-state index is 14.1. The fourth-order valence-corrected chi connectivity index (χ4v) is 3.61. The van der Waals surface area contributed by atoms with Crippen LogP contribution in [0.1, 0.15) is 25.8 Å². The molecule has 2 aromatic carbocycles. The molecule has 150 valence electrons. The molecule has 1 N–H and O–H groups in total. The smallest absolute Gasteiger partial charge is 0.242 e. The minimum atomic E-state index is -0.687. The number of thioether (sulfide) groups is 1. The Kier molecular flexibility index (Phi) is 8.80. The first-order valence-corrected chi connectivity index (χ1v) is 10.5. The first-order chi connectivity index (χ1) is 13.4. The van der Waals surface area contributed by atoms with Gasteiger partial charge < -0.3 is 10.2 Å². The van der Waals surface area contributed by atoms with Crippen LogP contribution in [0.4, 0.5) is 4.39 Å². The number of likely N-dealkylation sites (N-methyl/N-ethyl adjacent to an activating group) is 1. The van der Waals surface area contributed by atoms with E-state index in [0.717, 1.165) is 4.90 Å². The molecule has 0 radical (unpaired) electrons. The van der Waals surface area contributed by atoms with E-state index >= 15 is 0 Å². The lowest BCUT2D eigenvalue weighted by atomic mass is 10.1. The molecular formula is C21H24ClFN2O2S. The summed E-state index contributed by atoms with van der Waals surface area (Å²) < 4.78 is 14.1. The number of benzene rings is 2. The summed E-state index contributed by atoms with van der Waals surface area (Å²) in [7, 11) is 0. The van der Waals surface area contributed by atoms with Crippen LogP contribution < -0.4 is 5.32 Å². The highest BCUT2D eigenvalue weighted by atomic mass is 35.5. The van der Waals surface area contributed by atoms with Gasteiger partial charge in [-0.3, -0.25) is 9.59 Å². The number of rotatable bonds is 9. The third-order valence-corrected chi connectivity index (χ3v) is 5.48. The van der Waals surface area contributed by atoms with Gasteiger partial charge in [0, 0.05) is 40.7 Å². The summed E-state index contributed by atoms with van der Waals surface area (Å²) in [6.45, 7) is 4.00. The van der Waals surface area contributed by atoms with Gasteiger partial charge in [0.25, 0.3) is 0 Å². The lowest BCUT2D eigenvalue weighted by molar-refractivity contribution is -0.140. The van der Waals surface area contributed by atoms with Crippen molar-refractivity contribution in [2.45, 2.75) is 37.8 Å². The quantitative estimate of drug-likeness (QED) is 0.604. The van der Waals surface area contributed by atoms with E-state index in [4.69, 9.17) is 11.6 Å². The van der Waals surface area contributed by atoms with Crippen molar-refractivity contribution in [3.8, 4) is 0 Å². The second-order valence-corrected chi connectivity index (χ2v) is 7.84. The minimum absolute atomic E-state index is 0.0510. The predicted molar refractivity (Wildman–Crippen MR) is 112 cm³/mol. The summed E-state index contributed by atoms with van der Waals surface area (Å²) >= 11 is 7.41. The Bertz CT molecular complexity index is 801. The fourth-order valence-electron chi connectivity index (χ4n) is 2.65. The Balaban J connectivity index is 2.06. The number of nitrogens with zero attached hydrogens (tertiary/aromatic N) is 1. The van der Waals surface area contributed by atoms with E-state index in [-0.39, 0.29) is 30.6 Å². The van der Waals surface area contributed by atoms with Crippen molar-refractivity contribution in [2.75, 3.05) is 12.3 Å². The second kappa shape index (κ2) is 11.1. The highest BCUT2D eigenvalue weighted by molar-refractivity contribution is 7.99. The van der Waals surface area contributed by atoms with Crippen molar-refractivity contribution in [1.82, 2.24) is 10.2 Å². The van der Waals surface area contributed by atoms with E-state index in [1.165, 1.54) is 22.7 Å². The van der Waals surface area contributed by atoms with Crippen molar-refractivity contribution in [3.63, 3.8) is 0 Å². The first-order valence-electron chi connectivity index (χ1n) is 9.11. The van der Waals surface area contributed by atoms with Crippen LogP contribution in [0, 0.1) is 5.82 Å². The van der Waals surface area contributed by atoms with Crippen molar-refractivity contribution < 1.29 is 14.0 Å². The molecule has 2 amide bonds. The Morgan fingerprint density at radius 1 is 1.18 bits per heavy atom. The van der Waals surface area contributed by atoms with Crippen LogP contribution in [0.2, 0.25) is 5.02 Å². The monoisotopic (exact) mass is 422 g/mol. The highest BCUT2D eigenvalue weighted by Gasteiger charge is 2.26. The molecule has 0 bridgehead atoms. The molecule has 0 fully saturated rings. The lowest BCUT2D eigenvalue weighted by Crippen LogP contribution is -2.47. The molecule has 0 heterocycles. The minimum Gasteiger partial charge on any atom is -0.355 e. The van der Waals surface area contributed by atoms with Crippen LogP contribution in [0.25, 0.3) is 0 Å². The molecule has 0 aliphatic carbocycles. The maximum atomic E-state index is 14.1. The molecule has 0 saturated heterocycles. The molecule has 0 spiro atoms. The molecule has 0 aliphatic heterocycles. The van der Waals surface area contributed by atoms with Crippen LogP contribution in [0.15, 0.2) is 53.4 Å². The van der Waals surface area contributed by atoms with E-state index in [1.54, 1.807) is 37.3 Å². The van der Waals surface area contributed by atoms with Crippen molar-refractivity contribution >= 4 is 35.2 Å². The molecule has 4 nitrogen and oxygen atoms in total. The summed E-state index contributed by atoms with van der Waals surface area (Å²) in [4.78, 5) is 27.6.